The van der Waals surface area contributed by atoms with Crippen molar-refractivity contribution < 1.29 is 19.2 Å². The monoisotopic (exact) mass is 198 g/mol. The third-order valence-electron chi connectivity index (χ3n) is 1.85. The normalized spacial score (nSPS) is 10.0. The summed E-state index contributed by atoms with van der Waals surface area (Å²) in [5.74, 6) is 0.480. The third kappa shape index (κ3) is 2.72. The van der Waals surface area contributed by atoms with E-state index in [-0.39, 0.29) is 6.61 Å². The summed E-state index contributed by atoms with van der Waals surface area (Å²) in [6, 6.07) is 4.78. The van der Waals surface area contributed by atoms with Crippen molar-refractivity contribution in [2.24, 2.45) is 0 Å². The molecule has 2 N–H and O–H groups in total. The maximum Gasteiger partial charge on any atom is 0.488 e. The first kappa shape index (κ1) is 11.0. The molecule has 0 aliphatic carbocycles. The van der Waals surface area contributed by atoms with Gasteiger partial charge in [0.1, 0.15) is 19.0 Å². The fourth-order valence-electron chi connectivity index (χ4n) is 1.08. The lowest BCUT2D eigenvalue weighted by Gasteiger charge is -2.09. The molecule has 0 aliphatic rings. The van der Waals surface area contributed by atoms with Crippen LogP contribution in [0.25, 0.3) is 0 Å². The van der Waals surface area contributed by atoms with Crippen LogP contribution < -0.4 is 10.2 Å². The Kier molecular flexibility index (Phi) is 3.91. The van der Waals surface area contributed by atoms with Gasteiger partial charge >= 0.3 is 7.12 Å². The average Bonchev–Trinajstić information content (AvgIpc) is 2.16. The number of aryl methyl sites for hydroxylation is 1. The maximum atomic E-state index is 11.8. The Morgan fingerprint density at radius 3 is 2.71 bits per heavy atom. The summed E-state index contributed by atoms with van der Waals surface area (Å²) in [5, 5.41) is 17.8. The number of alkyl halides is 1. The summed E-state index contributed by atoms with van der Waals surface area (Å²) in [4.78, 5) is 0. The molecule has 0 amide bonds. The molecule has 0 radical (unpaired) electrons. The Morgan fingerprint density at radius 1 is 1.43 bits per heavy atom. The van der Waals surface area contributed by atoms with E-state index in [1.807, 2.05) is 0 Å². The van der Waals surface area contributed by atoms with Gasteiger partial charge in [-0.3, -0.25) is 0 Å². The Hall–Kier alpha value is -1.07. The van der Waals surface area contributed by atoms with Crippen molar-refractivity contribution in [3.63, 3.8) is 0 Å². The molecule has 5 heteroatoms. The number of halogens is 1. The van der Waals surface area contributed by atoms with E-state index in [1.54, 1.807) is 19.1 Å². The minimum Gasteiger partial charge on any atom is -0.491 e. The molecule has 1 aromatic rings. The maximum absolute atomic E-state index is 11.8. The predicted octanol–water partition coefficient (Wildman–Crippen LogP) is 0.0231. The molecular formula is C9H12BFO3. The summed E-state index contributed by atoms with van der Waals surface area (Å²) in [6.45, 7) is 1.22. The van der Waals surface area contributed by atoms with Crippen LogP contribution in [-0.4, -0.2) is 30.4 Å². The quantitative estimate of drug-likeness (QED) is 0.670. The molecule has 0 spiro atoms. The minimum atomic E-state index is -1.52. The fraction of sp³-hybridized carbons (Fsp3) is 0.333. The van der Waals surface area contributed by atoms with Gasteiger partial charge < -0.3 is 14.8 Å². The molecule has 3 nitrogen and oxygen atoms in total. The van der Waals surface area contributed by atoms with Crippen molar-refractivity contribution in [3.05, 3.63) is 23.8 Å². The van der Waals surface area contributed by atoms with E-state index in [1.165, 1.54) is 6.07 Å². The Balaban J connectivity index is 2.85. The lowest BCUT2D eigenvalue weighted by molar-refractivity contribution is 0.272. The van der Waals surface area contributed by atoms with Gasteiger partial charge in [-0.05, 0) is 24.0 Å². The highest BCUT2D eigenvalue weighted by Crippen LogP contribution is 2.15. The number of benzene rings is 1. The van der Waals surface area contributed by atoms with Crippen LogP contribution in [0.5, 0.6) is 5.75 Å². The van der Waals surface area contributed by atoms with Gasteiger partial charge in [0.15, 0.2) is 0 Å². The zero-order chi connectivity index (χ0) is 10.6. The SMILES string of the molecule is Cc1ccc(B(O)O)cc1OCCF. The lowest BCUT2D eigenvalue weighted by atomic mass is 9.80. The van der Waals surface area contributed by atoms with E-state index >= 15 is 0 Å². The lowest BCUT2D eigenvalue weighted by Crippen LogP contribution is -2.29. The third-order valence-corrected chi connectivity index (χ3v) is 1.85. The van der Waals surface area contributed by atoms with Crippen LogP contribution in [0.15, 0.2) is 18.2 Å². The van der Waals surface area contributed by atoms with Crippen molar-refractivity contribution in [3.8, 4) is 5.75 Å². The van der Waals surface area contributed by atoms with Gasteiger partial charge in [-0.25, -0.2) is 4.39 Å². The van der Waals surface area contributed by atoms with Gasteiger partial charge in [0.05, 0.1) is 0 Å². The molecule has 0 bridgehead atoms. The van der Waals surface area contributed by atoms with E-state index in [4.69, 9.17) is 14.8 Å². The number of rotatable bonds is 4. The molecule has 0 unspecified atom stereocenters. The van der Waals surface area contributed by atoms with E-state index in [9.17, 15) is 4.39 Å². The second-order valence-electron chi connectivity index (χ2n) is 2.94. The molecule has 0 heterocycles. The van der Waals surface area contributed by atoms with E-state index in [0.29, 0.717) is 11.2 Å². The zero-order valence-corrected chi connectivity index (χ0v) is 7.90. The molecule has 76 valence electrons. The molecule has 1 rings (SSSR count). The second-order valence-corrected chi connectivity index (χ2v) is 2.94. The van der Waals surface area contributed by atoms with Gasteiger partial charge in [0.25, 0.3) is 0 Å². The Bertz CT molecular complexity index is 304. The first-order valence-electron chi connectivity index (χ1n) is 4.30. The van der Waals surface area contributed by atoms with Crippen LogP contribution in [0, 0.1) is 6.92 Å². The largest absolute Gasteiger partial charge is 0.491 e. The number of hydrogen-bond acceptors (Lipinski definition) is 3. The van der Waals surface area contributed by atoms with E-state index < -0.39 is 13.8 Å². The first-order valence-corrected chi connectivity index (χ1v) is 4.30. The standard InChI is InChI=1S/C9H12BFO3/c1-7-2-3-8(10(12)13)6-9(7)14-5-4-11/h2-3,6,12-13H,4-5H2,1H3. The highest BCUT2D eigenvalue weighted by Gasteiger charge is 2.12. The van der Waals surface area contributed by atoms with Crippen LogP contribution in [0.3, 0.4) is 0 Å². The van der Waals surface area contributed by atoms with E-state index in [0.717, 1.165) is 5.56 Å². The van der Waals surface area contributed by atoms with Gasteiger partial charge in [0, 0.05) is 0 Å². The second kappa shape index (κ2) is 4.98. The van der Waals surface area contributed by atoms with E-state index in [2.05, 4.69) is 0 Å². The van der Waals surface area contributed by atoms with Crippen molar-refractivity contribution in [2.75, 3.05) is 13.3 Å². The first-order chi connectivity index (χ1) is 6.65. The van der Waals surface area contributed by atoms with Crippen molar-refractivity contribution >= 4 is 12.6 Å². The summed E-state index contributed by atoms with van der Waals surface area (Å²) in [5.41, 5.74) is 1.17. The van der Waals surface area contributed by atoms with Crippen LogP contribution in [0.4, 0.5) is 4.39 Å². The van der Waals surface area contributed by atoms with Crippen LogP contribution >= 0.6 is 0 Å². The van der Waals surface area contributed by atoms with Crippen LogP contribution in [-0.2, 0) is 0 Å². The molecule has 1 aromatic carbocycles. The Labute approximate surface area is 82.3 Å². The smallest absolute Gasteiger partial charge is 0.488 e. The van der Waals surface area contributed by atoms with Crippen LogP contribution in [0.1, 0.15) is 5.56 Å². The molecule has 0 saturated carbocycles. The van der Waals surface area contributed by atoms with Crippen molar-refractivity contribution in [1.29, 1.82) is 0 Å². The predicted molar refractivity (Wildman–Crippen MR) is 52.5 cm³/mol. The molecule has 14 heavy (non-hydrogen) atoms. The summed E-state index contributed by atoms with van der Waals surface area (Å²) < 4.78 is 16.9. The number of ether oxygens (including phenoxy) is 1. The van der Waals surface area contributed by atoms with Gasteiger partial charge in [-0.1, -0.05) is 12.1 Å². The zero-order valence-electron chi connectivity index (χ0n) is 7.90. The number of hydrogen-bond donors (Lipinski definition) is 2. The average molecular weight is 198 g/mol. The molecule has 0 aromatic heterocycles. The minimum absolute atomic E-state index is 0.0220. The summed E-state index contributed by atoms with van der Waals surface area (Å²) >= 11 is 0. The van der Waals surface area contributed by atoms with Crippen molar-refractivity contribution in [2.45, 2.75) is 6.92 Å². The van der Waals surface area contributed by atoms with Gasteiger partial charge in [0.2, 0.25) is 0 Å². The summed E-state index contributed by atoms with van der Waals surface area (Å²) in [7, 11) is -1.52. The van der Waals surface area contributed by atoms with Gasteiger partial charge in [-0.2, -0.15) is 0 Å². The fourth-order valence-corrected chi connectivity index (χ4v) is 1.08. The molecule has 0 atom stereocenters. The summed E-state index contributed by atoms with van der Waals surface area (Å²) in [6.07, 6.45) is 0. The van der Waals surface area contributed by atoms with Gasteiger partial charge in [-0.15, -0.1) is 0 Å². The Morgan fingerprint density at radius 2 is 2.14 bits per heavy atom. The highest BCUT2D eigenvalue weighted by atomic mass is 19.1. The van der Waals surface area contributed by atoms with Crippen LogP contribution in [0.2, 0.25) is 0 Å². The molecular weight excluding hydrogens is 186 g/mol. The molecule has 0 aliphatic heterocycles. The topological polar surface area (TPSA) is 49.7 Å². The highest BCUT2D eigenvalue weighted by molar-refractivity contribution is 6.58. The van der Waals surface area contributed by atoms with Crippen molar-refractivity contribution in [1.82, 2.24) is 0 Å². The molecule has 0 fully saturated rings. The molecule has 0 saturated heterocycles.